The number of benzene rings is 2. The zero-order chi connectivity index (χ0) is 23.8. The molecule has 0 radical (unpaired) electrons. The highest BCUT2D eigenvalue weighted by molar-refractivity contribution is 6.36. The standard InChI is InChI=1S/C26H32Cl2N2O3/c1-3-24(26(32)29-19-8-5-4-6-9-19)30(16-21-22(27)10-7-11-23(21)28)25(31)17-33-20-14-12-18(2)13-15-20/h7,10-15,19,24H,3-6,8-9,16-17H2,1-2H3,(H,29,32). The molecule has 0 spiro atoms. The van der Waals surface area contributed by atoms with E-state index >= 15 is 0 Å². The van der Waals surface area contributed by atoms with Crippen molar-refractivity contribution < 1.29 is 14.3 Å². The van der Waals surface area contributed by atoms with Crippen LogP contribution in [-0.4, -0.2) is 35.4 Å². The van der Waals surface area contributed by atoms with E-state index in [9.17, 15) is 9.59 Å². The lowest BCUT2D eigenvalue weighted by Gasteiger charge is -2.33. The van der Waals surface area contributed by atoms with Crippen molar-refractivity contribution in [1.29, 1.82) is 0 Å². The van der Waals surface area contributed by atoms with E-state index < -0.39 is 6.04 Å². The maximum absolute atomic E-state index is 13.3. The molecule has 1 aliphatic rings. The Morgan fingerprint density at radius 2 is 1.70 bits per heavy atom. The molecule has 5 nitrogen and oxygen atoms in total. The molecule has 2 aromatic carbocycles. The van der Waals surface area contributed by atoms with Crippen LogP contribution < -0.4 is 10.1 Å². The predicted molar refractivity (Wildman–Crippen MR) is 133 cm³/mol. The van der Waals surface area contributed by atoms with Gasteiger partial charge in [-0.2, -0.15) is 0 Å². The largest absolute Gasteiger partial charge is 0.484 e. The number of rotatable bonds is 9. The second-order valence-electron chi connectivity index (χ2n) is 8.59. The molecule has 2 amide bonds. The van der Waals surface area contributed by atoms with Gasteiger partial charge in [-0.25, -0.2) is 0 Å². The summed E-state index contributed by atoms with van der Waals surface area (Å²) in [4.78, 5) is 28.1. The summed E-state index contributed by atoms with van der Waals surface area (Å²) in [6.07, 6.45) is 5.85. The summed E-state index contributed by atoms with van der Waals surface area (Å²) < 4.78 is 5.74. The van der Waals surface area contributed by atoms with Gasteiger partial charge < -0.3 is 15.0 Å². The van der Waals surface area contributed by atoms with Gasteiger partial charge in [-0.05, 0) is 50.5 Å². The number of ether oxygens (including phenoxy) is 1. The smallest absolute Gasteiger partial charge is 0.261 e. The lowest BCUT2D eigenvalue weighted by molar-refractivity contribution is -0.143. The summed E-state index contributed by atoms with van der Waals surface area (Å²) in [6.45, 7) is 3.84. The van der Waals surface area contributed by atoms with Crippen LogP contribution in [-0.2, 0) is 16.1 Å². The third-order valence-corrected chi connectivity index (χ3v) is 6.82. The molecule has 33 heavy (non-hydrogen) atoms. The fourth-order valence-electron chi connectivity index (χ4n) is 4.18. The van der Waals surface area contributed by atoms with E-state index in [1.807, 2.05) is 38.1 Å². The molecule has 0 bridgehead atoms. The van der Waals surface area contributed by atoms with E-state index in [1.54, 1.807) is 23.1 Å². The van der Waals surface area contributed by atoms with E-state index in [0.717, 1.165) is 31.2 Å². The Morgan fingerprint density at radius 1 is 1.06 bits per heavy atom. The zero-order valence-electron chi connectivity index (χ0n) is 19.3. The number of nitrogens with one attached hydrogen (secondary N) is 1. The van der Waals surface area contributed by atoms with Gasteiger partial charge in [0.15, 0.2) is 6.61 Å². The molecular formula is C26H32Cl2N2O3. The normalized spacial score (nSPS) is 15.0. The number of hydrogen-bond acceptors (Lipinski definition) is 3. The molecule has 1 atom stereocenters. The van der Waals surface area contributed by atoms with Crippen LogP contribution >= 0.6 is 23.2 Å². The van der Waals surface area contributed by atoms with Crippen LogP contribution in [0.3, 0.4) is 0 Å². The van der Waals surface area contributed by atoms with Crippen molar-refractivity contribution >= 4 is 35.0 Å². The minimum absolute atomic E-state index is 0.130. The number of carbonyl (C=O) groups is 2. The number of aryl methyl sites for hydroxylation is 1. The van der Waals surface area contributed by atoms with Gasteiger partial charge in [-0.3, -0.25) is 9.59 Å². The summed E-state index contributed by atoms with van der Waals surface area (Å²) in [5.74, 6) is 0.165. The fourth-order valence-corrected chi connectivity index (χ4v) is 4.70. The second-order valence-corrected chi connectivity index (χ2v) is 9.41. The minimum Gasteiger partial charge on any atom is -0.484 e. The number of amides is 2. The van der Waals surface area contributed by atoms with Gasteiger partial charge in [0.25, 0.3) is 5.91 Å². The third-order valence-electron chi connectivity index (χ3n) is 6.11. The van der Waals surface area contributed by atoms with Crippen LogP contribution in [0.5, 0.6) is 5.75 Å². The Bertz CT molecular complexity index is 923. The van der Waals surface area contributed by atoms with Crippen LogP contribution in [0.15, 0.2) is 42.5 Å². The molecule has 1 saturated carbocycles. The van der Waals surface area contributed by atoms with Gasteiger partial charge in [-0.15, -0.1) is 0 Å². The number of carbonyl (C=O) groups excluding carboxylic acids is 2. The van der Waals surface area contributed by atoms with Crippen molar-refractivity contribution in [1.82, 2.24) is 10.2 Å². The number of hydrogen-bond donors (Lipinski definition) is 1. The van der Waals surface area contributed by atoms with Gasteiger partial charge in [0.1, 0.15) is 11.8 Å². The average Bonchev–Trinajstić information content (AvgIpc) is 2.81. The second kappa shape index (κ2) is 12.3. The lowest BCUT2D eigenvalue weighted by atomic mass is 9.95. The molecule has 2 aromatic rings. The summed E-state index contributed by atoms with van der Waals surface area (Å²) in [5.41, 5.74) is 1.72. The van der Waals surface area contributed by atoms with E-state index in [1.165, 1.54) is 6.42 Å². The third kappa shape index (κ3) is 7.12. The first-order valence-corrected chi connectivity index (χ1v) is 12.4. The Morgan fingerprint density at radius 3 is 2.30 bits per heavy atom. The molecule has 1 unspecified atom stereocenters. The molecule has 1 fully saturated rings. The summed E-state index contributed by atoms with van der Waals surface area (Å²) >= 11 is 12.8. The highest BCUT2D eigenvalue weighted by Gasteiger charge is 2.31. The van der Waals surface area contributed by atoms with Crippen molar-refractivity contribution in [3.05, 3.63) is 63.6 Å². The van der Waals surface area contributed by atoms with Crippen LogP contribution in [0.2, 0.25) is 10.0 Å². The molecule has 0 heterocycles. The molecule has 3 rings (SSSR count). The highest BCUT2D eigenvalue weighted by Crippen LogP contribution is 2.27. The average molecular weight is 491 g/mol. The van der Waals surface area contributed by atoms with Gasteiger partial charge in [0, 0.05) is 28.2 Å². The number of halogens is 2. The van der Waals surface area contributed by atoms with E-state index in [4.69, 9.17) is 27.9 Å². The Kier molecular flexibility index (Phi) is 9.45. The monoisotopic (exact) mass is 490 g/mol. The Balaban J connectivity index is 1.79. The summed E-state index contributed by atoms with van der Waals surface area (Å²) in [6, 6.07) is 12.2. The molecule has 0 aromatic heterocycles. The molecule has 1 N–H and O–H groups in total. The molecular weight excluding hydrogens is 459 g/mol. The van der Waals surface area contributed by atoms with Crippen molar-refractivity contribution in [2.45, 2.75) is 71.0 Å². The first-order valence-electron chi connectivity index (χ1n) is 11.6. The first kappa shape index (κ1) is 25.4. The van der Waals surface area contributed by atoms with Crippen LogP contribution in [0.1, 0.15) is 56.6 Å². The molecule has 1 aliphatic carbocycles. The van der Waals surface area contributed by atoms with Gasteiger partial charge >= 0.3 is 0 Å². The Hall–Kier alpha value is -2.24. The van der Waals surface area contributed by atoms with Crippen molar-refractivity contribution in [2.24, 2.45) is 0 Å². The predicted octanol–water partition coefficient (Wildman–Crippen LogP) is 5.94. The maximum atomic E-state index is 13.3. The van der Waals surface area contributed by atoms with Gasteiger partial charge in [0.05, 0.1) is 0 Å². The van der Waals surface area contributed by atoms with E-state index in [2.05, 4.69) is 5.32 Å². The van der Waals surface area contributed by atoms with Crippen molar-refractivity contribution in [3.63, 3.8) is 0 Å². The number of nitrogens with zero attached hydrogens (tertiary/aromatic N) is 1. The molecule has 0 aliphatic heterocycles. The van der Waals surface area contributed by atoms with Gasteiger partial charge in [-0.1, -0.05) is 73.2 Å². The topological polar surface area (TPSA) is 58.6 Å². The highest BCUT2D eigenvalue weighted by atomic mass is 35.5. The van der Waals surface area contributed by atoms with Crippen molar-refractivity contribution in [3.8, 4) is 5.75 Å². The van der Waals surface area contributed by atoms with E-state index in [-0.39, 0.29) is 31.0 Å². The minimum atomic E-state index is -0.645. The first-order chi connectivity index (χ1) is 15.9. The summed E-state index contributed by atoms with van der Waals surface area (Å²) in [5, 5.41) is 4.08. The van der Waals surface area contributed by atoms with Crippen LogP contribution in [0.4, 0.5) is 0 Å². The zero-order valence-corrected chi connectivity index (χ0v) is 20.8. The fraction of sp³-hybridized carbons (Fsp3) is 0.462. The van der Waals surface area contributed by atoms with Crippen molar-refractivity contribution in [2.75, 3.05) is 6.61 Å². The Labute approximate surface area is 206 Å². The van der Waals surface area contributed by atoms with Gasteiger partial charge in [0.2, 0.25) is 5.91 Å². The quantitative estimate of drug-likeness (QED) is 0.473. The van der Waals surface area contributed by atoms with Crippen LogP contribution in [0, 0.1) is 6.92 Å². The van der Waals surface area contributed by atoms with E-state index in [0.29, 0.717) is 27.8 Å². The molecule has 178 valence electrons. The molecule has 7 heteroatoms. The maximum Gasteiger partial charge on any atom is 0.261 e. The lowest BCUT2D eigenvalue weighted by Crippen LogP contribution is -2.52. The SMILES string of the molecule is CCC(C(=O)NC1CCCCC1)N(Cc1c(Cl)cccc1Cl)C(=O)COc1ccc(C)cc1. The van der Waals surface area contributed by atoms with Crippen LogP contribution in [0.25, 0.3) is 0 Å². The summed E-state index contributed by atoms with van der Waals surface area (Å²) in [7, 11) is 0. The molecule has 0 saturated heterocycles.